The second-order valence-corrected chi connectivity index (χ2v) is 7.81. The molecular weight excluding hydrogens is 368 g/mol. The van der Waals surface area contributed by atoms with Crippen molar-refractivity contribution in [1.82, 2.24) is 19.9 Å². The molecule has 1 atom stereocenters. The molecule has 8 nitrogen and oxygen atoms in total. The van der Waals surface area contributed by atoms with Gasteiger partial charge in [-0.3, -0.25) is 9.69 Å². The lowest BCUT2D eigenvalue weighted by atomic mass is 9.75. The minimum absolute atomic E-state index is 0.00826. The van der Waals surface area contributed by atoms with E-state index < -0.39 is 5.41 Å². The van der Waals surface area contributed by atoms with Gasteiger partial charge < -0.3 is 10.4 Å². The first kappa shape index (κ1) is 19.2. The highest BCUT2D eigenvalue weighted by atomic mass is 16.3. The summed E-state index contributed by atoms with van der Waals surface area (Å²) in [6.07, 6.45) is 11.7. The van der Waals surface area contributed by atoms with Gasteiger partial charge in [-0.05, 0) is 25.0 Å². The van der Waals surface area contributed by atoms with Crippen LogP contribution < -0.4 is 10.2 Å². The van der Waals surface area contributed by atoms with Crippen LogP contribution in [0.15, 0.2) is 42.6 Å². The van der Waals surface area contributed by atoms with Crippen molar-refractivity contribution in [3.8, 4) is 0 Å². The van der Waals surface area contributed by atoms with Gasteiger partial charge in [-0.15, -0.1) is 0 Å². The Hall–Kier alpha value is -3.13. The quantitative estimate of drug-likeness (QED) is 0.805. The van der Waals surface area contributed by atoms with Crippen molar-refractivity contribution in [2.75, 3.05) is 23.4 Å². The highest BCUT2D eigenvalue weighted by Crippen LogP contribution is 2.49. The lowest BCUT2D eigenvalue weighted by Gasteiger charge is -2.25. The van der Waals surface area contributed by atoms with Crippen LogP contribution in [0.2, 0.25) is 0 Å². The van der Waals surface area contributed by atoms with Gasteiger partial charge in [0.2, 0.25) is 5.91 Å². The van der Waals surface area contributed by atoms with E-state index in [4.69, 9.17) is 5.11 Å². The highest BCUT2D eigenvalue weighted by molar-refractivity contribution is 6.04. The predicted molar refractivity (Wildman–Crippen MR) is 110 cm³/mol. The van der Waals surface area contributed by atoms with Crippen LogP contribution in [0, 0.1) is 18.3 Å². The Balaban J connectivity index is 1.70. The number of aliphatic hydroxyl groups is 1. The van der Waals surface area contributed by atoms with E-state index in [0.29, 0.717) is 18.2 Å². The molecule has 1 aliphatic carbocycles. The number of anilines is 2. The van der Waals surface area contributed by atoms with Crippen LogP contribution in [0.25, 0.3) is 5.57 Å². The third-order valence-electron chi connectivity index (χ3n) is 5.52. The maximum atomic E-state index is 13.3. The smallest absolute Gasteiger partial charge is 0.238 e. The van der Waals surface area contributed by atoms with Gasteiger partial charge in [-0.25, -0.2) is 19.9 Å². The van der Waals surface area contributed by atoms with Crippen LogP contribution in [-0.4, -0.2) is 44.1 Å². The molecule has 1 saturated heterocycles. The Bertz CT molecular complexity index is 979. The molecule has 1 unspecified atom stereocenters. The molecule has 2 aliphatic rings. The van der Waals surface area contributed by atoms with E-state index in [0.717, 1.165) is 29.1 Å². The molecule has 0 radical (unpaired) electrons. The van der Waals surface area contributed by atoms with E-state index >= 15 is 0 Å². The van der Waals surface area contributed by atoms with Gasteiger partial charge in [0.25, 0.3) is 0 Å². The molecule has 2 aromatic heterocycles. The number of aliphatic hydroxyl groups excluding tert-OH is 1. The minimum Gasteiger partial charge on any atom is -0.395 e. The summed E-state index contributed by atoms with van der Waals surface area (Å²) >= 11 is 0. The summed E-state index contributed by atoms with van der Waals surface area (Å²) in [5.41, 5.74) is 2.31. The summed E-state index contributed by atoms with van der Waals surface area (Å²) in [6, 6.07) is 0. The molecule has 2 N–H and O–H groups in total. The van der Waals surface area contributed by atoms with Gasteiger partial charge in [0, 0.05) is 36.1 Å². The number of carbonyl (C=O) groups excluding carboxylic acids is 1. The molecule has 0 aromatic carbocycles. The number of rotatable bonds is 5. The standard InChI is InChI=1S/C21H24N6O2/c1-13-23-9-15(10-24-13)14-4-5-16-17(8-14)27(20(29)21(16,2)3)19-12-25-18(11-26-19)22-6-7-28/h4,8-12,16,28H,5-7H2,1-3H3,(H,22,25). The molecule has 29 heavy (non-hydrogen) atoms. The molecule has 0 saturated carbocycles. The number of carbonyl (C=O) groups is 1. The van der Waals surface area contributed by atoms with Crippen LogP contribution in [-0.2, 0) is 4.79 Å². The van der Waals surface area contributed by atoms with E-state index in [1.807, 2.05) is 26.8 Å². The summed E-state index contributed by atoms with van der Waals surface area (Å²) in [7, 11) is 0. The summed E-state index contributed by atoms with van der Waals surface area (Å²) in [4.78, 5) is 32.3. The fraction of sp³-hybridized carbons (Fsp3) is 0.381. The number of amides is 1. The topological polar surface area (TPSA) is 104 Å². The first-order valence-electron chi connectivity index (χ1n) is 9.64. The molecule has 4 rings (SSSR count). The Morgan fingerprint density at radius 3 is 2.59 bits per heavy atom. The van der Waals surface area contributed by atoms with Crippen molar-refractivity contribution in [2.24, 2.45) is 11.3 Å². The van der Waals surface area contributed by atoms with E-state index in [-0.39, 0.29) is 18.4 Å². The Morgan fingerprint density at radius 2 is 1.93 bits per heavy atom. The third kappa shape index (κ3) is 3.40. The van der Waals surface area contributed by atoms with E-state index in [2.05, 4.69) is 31.3 Å². The normalized spacial score (nSPS) is 20.2. The molecule has 1 fully saturated rings. The first-order valence-corrected chi connectivity index (χ1v) is 9.64. The summed E-state index contributed by atoms with van der Waals surface area (Å²) in [5, 5.41) is 11.9. The van der Waals surface area contributed by atoms with Crippen LogP contribution in [0.1, 0.15) is 31.7 Å². The van der Waals surface area contributed by atoms with E-state index in [9.17, 15) is 4.79 Å². The van der Waals surface area contributed by atoms with Crippen molar-refractivity contribution in [1.29, 1.82) is 0 Å². The number of hydrogen-bond donors (Lipinski definition) is 2. The number of nitrogens with zero attached hydrogens (tertiary/aromatic N) is 5. The molecule has 2 aromatic rings. The predicted octanol–water partition coefficient (Wildman–Crippen LogP) is 2.34. The van der Waals surface area contributed by atoms with Gasteiger partial charge in [-0.1, -0.05) is 19.9 Å². The fourth-order valence-electron chi connectivity index (χ4n) is 3.81. The Morgan fingerprint density at radius 1 is 1.17 bits per heavy atom. The third-order valence-corrected chi connectivity index (χ3v) is 5.52. The van der Waals surface area contributed by atoms with Gasteiger partial charge in [0.15, 0.2) is 5.82 Å². The largest absolute Gasteiger partial charge is 0.395 e. The van der Waals surface area contributed by atoms with Crippen molar-refractivity contribution in [2.45, 2.75) is 27.2 Å². The van der Waals surface area contributed by atoms with E-state index in [1.54, 1.807) is 29.7 Å². The van der Waals surface area contributed by atoms with Crippen LogP contribution in [0.3, 0.4) is 0 Å². The van der Waals surface area contributed by atoms with Gasteiger partial charge in [0.05, 0.1) is 24.4 Å². The lowest BCUT2D eigenvalue weighted by Crippen LogP contribution is -2.31. The van der Waals surface area contributed by atoms with Gasteiger partial charge in [-0.2, -0.15) is 0 Å². The highest BCUT2D eigenvalue weighted by Gasteiger charge is 2.51. The molecule has 1 amide bonds. The van der Waals surface area contributed by atoms with Crippen LogP contribution >= 0.6 is 0 Å². The molecule has 8 heteroatoms. The number of aryl methyl sites for hydroxylation is 1. The van der Waals surface area contributed by atoms with Crippen molar-refractivity contribution >= 4 is 23.1 Å². The average Bonchev–Trinajstić information content (AvgIpc) is 2.93. The maximum Gasteiger partial charge on any atom is 0.238 e. The van der Waals surface area contributed by atoms with Crippen LogP contribution in [0.5, 0.6) is 0 Å². The summed E-state index contributed by atoms with van der Waals surface area (Å²) in [5.74, 6) is 1.85. The van der Waals surface area contributed by atoms with Crippen LogP contribution in [0.4, 0.5) is 11.6 Å². The number of allylic oxidation sites excluding steroid dienone is 4. The molecule has 0 bridgehead atoms. The SMILES string of the molecule is Cc1ncc(C2=CCC3C(=C2)N(c2cnc(NCCO)cn2)C(=O)C3(C)C)cn1. The number of fused-ring (bicyclic) bond motifs is 1. The zero-order valence-electron chi connectivity index (χ0n) is 16.8. The first-order chi connectivity index (χ1) is 13.9. The van der Waals surface area contributed by atoms with Crippen molar-refractivity contribution < 1.29 is 9.90 Å². The summed E-state index contributed by atoms with van der Waals surface area (Å²) in [6.45, 7) is 6.21. The molecule has 1 aliphatic heterocycles. The van der Waals surface area contributed by atoms with Gasteiger partial charge in [0.1, 0.15) is 11.6 Å². The molecular formula is C21H24N6O2. The van der Waals surface area contributed by atoms with Crippen molar-refractivity contribution in [3.63, 3.8) is 0 Å². The number of nitrogens with one attached hydrogen (secondary N) is 1. The second-order valence-electron chi connectivity index (χ2n) is 7.81. The van der Waals surface area contributed by atoms with Crippen molar-refractivity contribution in [3.05, 3.63) is 54.0 Å². The second kappa shape index (κ2) is 7.36. The van der Waals surface area contributed by atoms with E-state index in [1.165, 1.54) is 0 Å². The lowest BCUT2D eigenvalue weighted by molar-refractivity contribution is -0.125. The molecule has 3 heterocycles. The number of aromatic nitrogens is 4. The van der Waals surface area contributed by atoms with Gasteiger partial charge >= 0.3 is 0 Å². The monoisotopic (exact) mass is 392 g/mol. The number of hydrogen-bond acceptors (Lipinski definition) is 7. The Labute approximate surface area is 169 Å². The fourth-order valence-corrected chi connectivity index (χ4v) is 3.81. The zero-order valence-corrected chi connectivity index (χ0v) is 16.8. The average molecular weight is 392 g/mol. The Kier molecular flexibility index (Phi) is 4.87. The minimum atomic E-state index is -0.535. The zero-order chi connectivity index (χ0) is 20.6. The maximum absolute atomic E-state index is 13.3. The summed E-state index contributed by atoms with van der Waals surface area (Å²) < 4.78 is 0. The molecule has 0 spiro atoms. The molecule has 150 valence electrons.